The summed E-state index contributed by atoms with van der Waals surface area (Å²) in [6, 6.07) is 49.3. The minimum absolute atomic E-state index is 0.0333. The molecule has 6 aromatic carbocycles. The highest BCUT2D eigenvalue weighted by molar-refractivity contribution is 7.15. The van der Waals surface area contributed by atoms with E-state index in [4.69, 9.17) is 19.7 Å². The first-order chi connectivity index (χ1) is 50.0. The number of aliphatic imine (C=N–C) groups is 3. The maximum atomic E-state index is 13.1. The number of thiophene rings is 2. The third kappa shape index (κ3) is 15.8. The smallest absolute Gasteiger partial charge is 0.227 e. The van der Waals surface area contributed by atoms with Crippen molar-refractivity contribution in [3.63, 3.8) is 0 Å². The predicted molar refractivity (Wildman–Crippen MR) is 423 cm³/mol. The van der Waals surface area contributed by atoms with Gasteiger partial charge < -0.3 is 20.7 Å². The number of carbonyl (C=O) groups excluding carboxylic acids is 3. The molecule has 0 unspecified atom stereocenters. The third-order valence-corrected chi connectivity index (χ3v) is 21.7. The standard InChI is InChI=1S/C30H31N5O2.C29H31N5OS.C25H31N5OS/c1-19-33-34-29-25(18-27(36)31-22-9-7-6-8-10-22)32-28(20-11-13-21(14-12-20)30(2,3)4)24-17-23(37-5)15-16-26(24)35(19)29;1-17-18(2)36-28-25(17)26(20-12-14-21(15-13-20)29(4,5)6)31-23(27-33-32-19(3)34(27)28)16-24(35)30-22-10-8-7-9-11-22;1-8-26-20(31)13-19-23-29-28-16(4)30(23)24-21(14(2)15(3)32-24)22(27-19)17-9-11-18(12-10-17)25(5,6)7/h6-17,25H,18H2,1-5H3,(H,31,36);7-15,23H,16H2,1-6H3,(H,30,35);9-12,19H,8,13H2,1-7H3,(H,26,31)/t25-;23-;19-/m000/s1. The number of nitrogens with one attached hydrogen (secondary N) is 3. The Hall–Kier alpha value is -10.6. The van der Waals surface area contributed by atoms with Gasteiger partial charge in [0.05, 0.1) is 49.2 Å². The molecule has 3 atom stereocenters. The van der Waals surface area contributed by atoms with Gasteiger partial charge in [0.1, 0.15) is 51.4 Å². The zero-order valence-corrected chi connectivity index (χ0v) is 64.9. The quantitative estimate of drug-likeness (QED) is 0.0989. The summed E-state index contributed by atoms with van der Waals surface area (Å²) in [6.07, 6.45) is 0.536. The van der Waals surface area contributed by atoms with Gasteiger partial charge in [-0.15, -0.1) is 53.3 Å². The van der Waals surface area contributed by atoms with Crippen LogP contribution in [0.4, 0.5) is 11.4 Å². The van der Waals surface area contributed by atoms with Gasteiger partial charge in [-0.1, -0.05) is 172 Å². The first-order valence-electron chi connectivity index (χ1n) is 35.7. The number of rotatable bonds is 13. The molecular weight excluding hydrogens is 1350 g/mol. The van der Waals surface area contributed by atoms with Crippen molar-refractivity contribution in [3.05, 3.63) is 258 Å². The predicted octanol–water partition coefficient (Wildman–Crippen LogP) is 17.2. The number of carbonyl (C=O) groups is 3. The van der Waals surface area contributed by atoms with Crippen LogP contribution < -0.4 is 20.7 Å². The maximum absolute atomic E-state index is 13.1. The van der Waals surface area contributed by atoms with Gasteiger partial charge in [-0.3, -0.25) is 43.1 Å². The highest BCUT2D eigenvalue weighted by atomic mass is 32.1. The lowest BCUT2D eigenvalue weighted by Crippen LogP contribution is -2.25. The molecule has 3 amide bonds. The lowest BCUT2D eigenvalue weighted by atomic mass is 9.86. The molecule has 0 radical (unpaired) electrons. The molecule has 3 aliphatic rings. The van der Waals surface area contributed by atoms with E-state index in [0.29, 0.717) is 18.2 Å². The van der Waals surface area contributed by atoms with Crippen molar-refractivity contribution in [2.24, 2.45) is 15.0 Å². The second kappa shape index (κ2) is 30.2. The van der Waals surface area contributed by atoms with E-state index in [0.717, 1.165) is 107 Å². The Morgan fingerprint density at radius 3 is 1.16 bits per heavy atom. The van der Waals surface area contributed by atoms with Crippen LogP contribution in [0.15, 0.2) is 167 Å². The Morgan fingerprint density at radius 2 is 0.790 bits per heavy atom. The van der Waals surface area contributed by atoms with Crippen molar-refractivity contribution in [2.75, 3.05) is 24.3 Å². The van der Waals surface area contributed by atoms with Crippen LogP contribution in [-0.2, 0) is 30.6 Å². The van der Waals surface area contributed by atoms with Gasteiger partial charge in [0.2, 0.25) is 17.7 Å². The normalized spacial score (nSPS) is 15.1. The molecule has 0 aliphatic carbocycles. The van der Waals surface area contributed by atoms with Crippen molar-refractivity contribution in [1.29, 1.82) is 0 Å². The minimum Gasteiger partial charge on any atom is -0.497 e. The van der Waals surface area contributed by atoms with Crippen LogP contribution in [0.1, 0.15) is 213 Å². The Kier molecular flexibility index (Phi) is 21.3. The molecule has 19 nitrogen and oxygen atoms in total. The molecule has 11 aromatic rings. The second-order valence-electron chi connectivity index (χ2n) is 30.0. The number of para-hydroxylation sites is 2. The highest BCUT2D eigenvalue weighted by Crippen LogP contribution is 2.43. The van der Waals surface area contributed by atoms with Gasteiger partial charge in [0.15, 0.2) is 17.5 Å². The second-order valence-corrected chi connectivity index (χ2v) is 32.4. The number of aromatic nitrogens is 9. The number of hydrogen-bond acceptors (Lipinski definition) is 15. The maximum Gasteiger partial charge on any atom is 0.227 e. The van der Waals surface area contributed by atoms with Crippen LogP contribution in [0.3, 0.4) is 0 Å². The molecule has 0 bridgehead atoms. The van der Waals surface area contributed by atoms with Crippen LogP contribution in [0.5, 0.6) is 5.75 Å². The molecule has 3 N–H and O–H groups in total. The number of methoxy groups -OCH3 is 1. The molecule has 21 heteroatoms. The molecule has 5 aromatic heterocycles. The summed E-state index contributed by atoms with van der Waals surface area (Å²) < 4.78 is 11.7. The molecule has 8 heterocycles. The first kappa shape index (κ1) is 74.1. The fourth-order valence-corrected chi connectivity index (χ4v) is 15.7. The van der Waals surface area contributed by atoms with Crippen molar-refractivity contribution in [3.8, 4) is 21.4 Å². The van der Waals surface area contributed by atoms with Gasteiger partial charge in [-0.2, -0.15) is 0 Å². The molecule has 0 fully saturated rings. The van der Waals surface area contributed by atoms with Gasteiger partial charge in [0, 0.05) is 61.1 Å². The van der Waals surface area contributed by atoms with Crippen LogP contribution in [-0.4, -0.2) is 92.8 Å². The zero-order chi connectivity index (χ0) is 75.0. The average molecular weight is 1440 g/mol. The Balaban J connectivity index is 0.000000148. The molecule has 3 aliphatic heterocycles. The van der Waals surface area contributed by atoms with Gasteiger partial charge >= 0.3 is 0 Å². The van der Waals surface area contributed by atoms with Crippen LogP contribution >= 0.6 is 22.7 Å². The van der Waals surface area contributed by atoms with Gasteiger partial charge in [0.25, 0.3) is 0 Å². The number of anilines is 2. The van der Waals surface area contributed by atoms with E-state index in [2.05, 4.69) is 218 Å². The Bertz CT molecular complexity index is 5130. The molecule has 540 valence electrons. The number of benzene rings is 6. The number of amides is 3. The van der Waals surface area contributed by atoms with Crippen molar-refractivity contribution in [2.45, 2.75) is 171 Å². The van der Waals surface area contributed by atoms with E-state index in [1.807, 2.05) is 111 Å². The Labute approximate surface area is 623 Å². The summed E-state index contributed by atoms with van der Waals surface area (Å²) in [7, 11) is 1.65. The molecular formula is C84H93N15O4S2. The average Bonchev–Trinajstić information content (AvgIpc) is 1.62. The summed E-state index contributed by atoms with van der Waals surface area (Å²) >= 11 is 3.45. The van der Waals surface area contributed by atoms with E-state index in [-0.39, 0.29) is 53.2 Å². The molecule has 105 heavy (non-hydrogen) atoms. The largest absolute Gasteiger partial charge is 0.497 e. The molecule has 0 saturated carbocycles. The molecule has 14 rings (SSSR count). The summed E-state index contributed by atoms with van der Waals surface area (Å²) in [5, 5.41) is 37.5. The number of aryl methyl sites for hydroxylation is 5. The van der Waals surface area contributed by atoms with E-state index < -0.39 is 18.1 Å². The topological polar surface area (TPSA) is 226 Å². The van der Waals surface area contributed by atoms with E-state index >= 15 is 0 Å². The fraction of sp³-hybridized carbons (Fsp3) is 0.333. The number of ether oxygens (including phenoxy) is 1. The third-order valence-electron chi connectivity index (χ3n) is 19.3. The molecule has 0 saturated heterocycles. The lowest BCUT2D eigenvalue weighted by molar-refractivity contribution is -0.121. The summed E-state index contributed by atoms with van der Waals surface area (Å²) in [6.45, 7) is 36.8. The van der Waals surface area contributed by atoms with Gasteiger partial charge in [-0.25, -0.2) is 0 Å². The Morgan fingerprint density at radius 1 is 0.438 bits per heavy atom. The van der Waals surface area contributed by atoms with Crippen LogP contribution in [0.2, 0.25) is 0 Å². The van der Waals surface area contributed by atoms with E-state index in [1.165, 1.54) is 37.6 Å². The van der Waals surface area contributed by atoms with Crippen molar-refractivity contribution < 1.29 is 19.1 Å². The summed E-state index contributed by atoms with van der Waals surface area (Å²) in [5.41, 5.74) is 17.5. The number of hydrogen-bond donors (Lipinski definition) is 3. The van der Waals surface area contributed by atoms with Crippen molar-refractivity contribution >= 4 is 68.9 Å². The summed E-state index contributed by atoms with van der Waals surface area (Å²) in [4.78, 5) is 56.8. The highest BCUT2D eigenvalue weighted by Gasteiger charge is 2.36. The zero-order valence-electron chi connectivity index (χ0n) is 63.3. The van der Waals surface area contributed by atoms with Crippen LogP contribution in [0.25, 0.3) is 15.7 Å². The number of nitrogens with zero attached hydrogens (tertiary/aromatic N) is 12. The van der Waals surface area contributed by atoms with Crippen LogP contribution in [0, 0.1) is 48.5 Å². The first-order valence-corrected chi connectivity index (χ1v) is 37.3. The van der Waals surface area contributed by atoms with Gasteiger partial charge in [-0.05, 0) is 142 Å². The fourth-order valence-electron chi connectivity index (χ4n) is 13.3. The van der Waals surface area contributed by atoms with Crippen molar-refractivity contribution in [1.82, 2.24) is 49.6 Å². The molecule has 0 spiro atoms. The number of fused-ring (bicyclic) bond motifs is 9. The minimum atomic E-state index is -0.527. The SMILES string of the molecule is CCNC(=O)C[C@@H]1N=C(c2ccc(C(C)(C)C)cc2)c2c(sc(C)c2C)-n2c(C)nnc21.COc1ccc2c(c1)C(c1ccc(C(C)(C)C)cc1)=N[C@@H](CC(=O)Nc1ccccc1)c1nnc(C)n1-2.Cc1sc2c(c1C)C(c1ccc(C(C)(C)C)cc1)=N[C@@H](CC(=O)Nc1ccccc1)c1nnc(C)n1-2. The summed E-state index contributed by atoms with van der Waals surface area (Å²) in [5.74, 6) is 4.82. The monoisotopic (exact) mass is 1440 g/mol. The van der Waals surface area contributed by atoms with E-state index in [1.54, 1.807) is 29.8 Å². The van der Waals surface area contributed by atoms with E-state index in [9.17, 15) is 14.4 Å². The lowest BCUT2D eigenvalue weighted by Gasteiger charge is -2.20.